The van der Waals surface area contributed by atoms with Crippen molar-refractivity contribution in [1.29, 1.82) is 0 Å². The summed E-state index contributed by atoms with van der Waals surface area (Å²) >= 11 is 7.70. The van der Waals surface area contributed by atoms with Gasteiger partial charge in [-0.3, -0.25) is 4.79 Å². The number of hydrogen-bond acceptors (Lipinski definition) is 2. The Balaban J connectivity index is 1.99. The number of aryl methyl sites for hydroxylation is 2. The lowest BCUT2D eigenvalue weighted by Gasteiger charge is -2.26. The van der Waals surface area contributed by atoms with Crippen molar-refractivity contribution in [3.05, 3.63) is 20.8 Å². The molecule has 2 nitrogen and oxygen atoms in total. The summed E-state index contributed by atoms with van der Waals surface area (Å²) in [7, 11) is 0. The zero-order chi connectivity index (χ0) is 13.2. The van der Waals surface area contributed by atoms with Gasteiger partial charge in [0.1, 0.15) is 0 Å². The zero-order valence-electron chi connectivity index (χ0n) is 10.7. The van der Waals surface area contributed by atoms with Crippen molar-refractivity contribution in [2.24, 2.45) is 5.41 Å². The van der Waals surface area contributed by atoms with Crippen LogP contribution in [0.2, 0.25) is 4.34 Å². The number of carboxylic acid groups (broad SMARTS) is 1. The summed E-state index contributed by atoms with van der Waals surface area (Å²) in [6.07, 6.45) is 6.76. The fourth-order valence-electron chi connectivity index (χ4n) is 3.00. The molecule has 0 aromatic carbocycles. The van der Waals surface area contributed by atoms with Gasteiger partial charge in [0.05, 0.1) is 10.8 Å². The standard InChI is InChI=1S/C14H19ClO2S/c1-10-8-11(18-13(10)15)4-7-14(9-12(16)17)5-2-3-6-14/h8H,2-7,9H2,1H3,(H,16,17). The zero-order valence-corrected chi connectivity index (χ0v) is 12.2. The summed E-state index contributed by atoms with van der Waals surface area (Å²) < 4.78 is 0.865. The third kappa shape index (κ3) is 3.27. The number of halogens is 1. The van der Waals surface area contributed by atoms with Gasteiger partial charge in [-0.05, 0) is 49.7 Å². The molecule has 2 rings (SSSR count). The highest BCUT2D eigenvalue weighted by atomic mass is 35.5. The highest BCUT2D eigenvalue weighted by Gasteiger charge is 2.35. The fourth-order valence-corrected chi connectivity index (χ4v) is 4.24. The Morgan fingerprint density at radius 1 is 1.50 bits per heavy atom. The Morgan fingerprint density at radius 2 is 2.17 bits per heavy atom. The van der Waals surface area contributed by atoms with E-state index in [1.54, 1.807) is 11.3 Å². The molecule has 0 atom stereocenters. The molecule has 1 aromatic rings. The molecule has 1 aromatic heterocycles. The van der Waals surface area contributed by atoms with Gasteiger partial charge in [-0.25, -0.2) is 0 Å². The van der Waals surface area contributed by atoms with Gasteiger partial charge < -0.3 is 5.11 Å². The molecule has 0 spiro atoms. The number of aliphatic carboxylic acids is 1. The van der Waals surface area contributed by atoms with E-state index >= 15 is 0 Å². The molecule has 1 heterocycles. The maximum absolute atomic E-state index is 11.0. The first-order valence-electron chi connectivity index (χ1n) is 6.47. The smallest absolute Gasteiger partial charge is 0.303 e. The number of rotatable bonds is 5. The van der Waals surface area contributed by atoms with Gasteiger partial charge in [-0.1, -0.05) is 24.4 Å². The monoisotopic (exact) mass is 286 g/mol. The van der Waals surface area contributed by atoms with Crippen LogP contribution in [0.15, 0.2) is 6.07 Å². The van der Waals surface area contributed by atoms with Crippen LogP contribution >= 0.6 is 22.9 Å². The van der Waals surface area contributed by atoms with Crippen LogP contribution in [0.25, 0.3) is 0 Å². The summed E-state index contributed by atoms with van der Waals surface area (Å²) in [5.41, 5.74) is 1.17. The molecule has 0 bridgehead atoms. The lowest BCUT2D eigenvalue weighted by molar-refractivity contribution is -0.139. The average Bonchev–Trinajstić information content (AvgIpc) is 2.85. The van der Waals surface area contributed by atoms with Gasteiger partial charge >= 0.3 is 5.97 Å². The summed E-state index contributed by atoms with van der Waals surface area (Å²) in [4.78, 5) is 12.3. The van der Waals surface area contributed by atoms with Gasteiger partial charge in [-0.15, -0.1) is 11.3 Å². The Hall–Kier alpha value is -0.540. The maximum Gasteiger partial charge on any atom is 0.303 e. The summed E-state index contributed by atoms with van der Waals surface area (Å²) in [5.74, 6) is -0.655. The minimum atomic E-state index is -0.655. The van der Waals surface area contributed by atoms with E-state index in [9.17, 15) is 4.79 Å². The third-order valence-electron chi connectivity index (χ3n) is 4.00. The number of thiophene rings is 1. The molecule has 100 valence electrons. The van der Waals surface area contributed by atoms with E-state index in [4.69, 9.17) is 16.7 Å². The molecule has 0 radical (unpaired) electrons. The number of carbonyl (C=O) groups is 1. The number of carboxylic acids is 1. The van der Waals surface area contributed by atoms with Crippen molar-refractivity contribution in [2.75, 3.05) is 0 Å². The van der Waals surface area contributed by atoms with Crippen LogP contribution in [-0.4, -0.2) is 11.1 Å². The average molecular weight is 287 g/mol. The molecule has 0 saturated heterocycles. The second kappa shape index (κ2) is 5.62. The van der Waals surface area contributed by atoms with E-state index in [1.807, 2.05) is 6.92 Å². The molecule has 0 unspecified atom stereocenters. The fraction of sp³-hybridized carbons (Fsp3) is 0.643. The minimum absolute atomic E-state index is 0.0379. The predicted molar refractivity (Wildman–Crippen MR) is 75.5 cm³/mol. The Bertz CT molecular complexity index is 414. The van der Waals surface area contributed by atoms with E-state index in [0.29, 0.717) is 6.42 Å². The molecule has 1 aliphatic rings. The molecular formula is C14H19ClO2S. The van der Waals surface area contributed by atoms with E-state index in [1.165, 1.54) is 17.7 Å². The molecule has 1 N–H and O–H groups in total. The number of hydrogen-bond donors (Lipinski definition) is 1. The molecule has 1 aliphatic carbocycles. The van der Waals surface area contributed by atoms with E-state index in [-0.39, 0.29) is 5.41 Å². The van der Waals surface area contributed by atoms with Crippen LogP contribution in [0.5, 0.6) is 0 Å². The molecular weight excluding hydrogens is 268 g/mol. The van der Waals surface area contributed by atoms with Gasteiger partial charge in [0.2, 0.25) is 0 Å². The lowest BCUT2D eigenvalue weighted by Crippen LogP contribution is -2.21. The van der Waals surface area contributed by atoms with Crippen LogP contribution in [0.3, 0.4) is 0 Å². The normalized spacial score (nSPS) is 18.1. The molecule has 18 heavy (non-hydrogen) atoms. The van der Waals surface area contributed by atoms with Crippen molar-refractivity contribution >= 4 is 28.9 Å². The predicted octanol–water partition coefficient (Wildman–Crippen LogP) is 4.68. The highest BCUT2D eigenvalue weighted by molar-refractivity contribution is 7.16. The van der Waals surface area contributed by atoms with E-state index in [0.717, 1.165) is 35.6 Å². The van der Waals surface area contributed by atoms with Crippen molar-refractivity contribution in [3.8, 4) is 0 Å². The van der Waals surface area contributed by atoms with Crippen LogP contribution in [-0.2, 0) is 11.2 Å². The van der Waals surface area contributed by atoms with Crippen LogP contribution < -0.4 is 0 Å². The summed E-state index contributed by atoms with van der Waals surface area (Å²) in [6.45, 7) is 2.02. The molecule has 4 heteroatoms. The first-order valence-corrected chi connectivity index (χ1v) is 7.67. The second-order valence-corrected chi connectivity index (χ2v) is 7.19. The second-order valence-electron chi connectivity index (χ2n) is 5.45. The summed E-state index contributed by atoms with van der Waals surface area (Å²) in [5, 5.41) is 9.07. The van der Waals surface area contributed by atoms with E-state index < -0.39 is 5.97 Å². The third-order valence-corrected chi connectivity index (χ3v) is 5.62. The maximum atomic E-state index is 11.0. The van der Waals surface area contributed by atoms with Crippen molar-refractivity contribution in [2.45, 2.75) is 51.9 Å². The van der Waals surface area contributed by atoms with Crippen LogP contribution in [0.1, 0.15) is 49.0 Å². The van der Waals surface area contributed by atoms with Crippen LogP contribution in [0.4, 0.5) is 0 Å². The highest BCUT2D eigenvalue weighted by Crippen LogP contribution is 2.45. The first-order chi connectivity index (χ1) is 8.51. The van der Waals surface area contributed by atoms with Gasteiger partial charge in [0.25, 0.3) is 0 Å². The topological polar surface area (TPSA) is 37.3 Å². The summed E-state index contributed by atoms with van der Waals surface area (Å²) in [6, 6.07) is 2.14. The van der Waals surface area contributed by atoms with Crippen LogP contribution in [0, 0.1) is 12.3 Å². The van der Waals surface area contributed by atoms with Gasteiger partial charge in [0.15, 0.2) is 0 Å². The Morgan fingerprint density at radius 3 is 2.67 bits per heavy atom. The largest absolute Gasteiger partial charge is 0.481 e. The Kier molecular flexibility index (Phi) is 4.33. The van der Waals surface area contributed by atoms with Crippen molar-refractivity contribution < 1.29 is 9.90 Å². The lowest BCUT2D eigenvalue weighted by atomic mass is 9.78. The van der Waals surface area contributed by atoms with Gasteiger partial charge in [0, 0.05) is 4.88 Å². The molecule has 0 aliphatic heterocycles. The molecule has 1 fully saturated rings. The quantitative estimate of drug-likeness (QED) is 0.853. The molecule has 0 amide bonds. The van der Waals surface area contributed by atoms with Crippen molar-refractivity contribution in [1.82, 2.24) is 0 Å². The Labute approximate surface area is 117 Å². The molecule has 1 saturated carbocycles. The minimum Gasteiger partial charge on any atom is -0.481 e. The van der Waals surface area contributed by atoms with E-state index in [2.05, 4.69) is 6.07 Å². The van der Waals surface area contributed by atoms with Crippen molar-refractivity contribution in [3.63, 3.8) is 0 Å². The SMILES string of the molecule is Cc1cc(CCC2(CC(=O)O)CCCC2)sc1Cl. The van der Waals surface area contributed by atoms with Gasteiger partial charge in [-0.2, -0.15) is 0 Å². The first kappa shape index (κ1) is 13.9.